The lowest BCUT2D eigenvalue weighted by Crippen LogP contribution is -2.21. The SMILES string of the molecule is CCCNCCn1nnnc1SCc1cncc(Br)c1. The summed E-state index contributed by atoms with van der Waals surface area (Å²) >= 11 is 5.04. The molecular formula is C12H17BrN6S. The lowest BCUT2D eigenvalue weighted by Gasteiger charge is -2.05. The summed E-state index contributed by atoms with van der Waals surface area (Å²) in [5.74, 6) is 0.801. The van der Waals surface area contributed by atoms with E-state index in [1.165, 1.54) is 0 Å². The molecule has 0 bridgehead atoms. The average Bonchev–Trinajstić information content (AvgIpc) is 2.89. The molecule has 1 N–H and O–H groups in total. The molecule has 0 aliphatic carbocycles. The molecule has 0 aliphatic rings. The highest BCUT2D eigenvalue weighted by molar-refractivity contribution is 9.10. The van der Waals surface area contributed by atoms with Gasteiger partial charge in [0.1, 0.15) is 0 Å². The molecule has 2 aromatic rings. The lowest BCUT2D eigenvalue weighted by atomic mass is 10.3. The van der Waals surface area contributed by atoms with Crippen molar-refractivity contribution in [2.45, 2.75) is 30.8 Å². The minimum Gasteiger partial charge on any atom is -0.315 e. The van der Waals surface area contributed by atoms with Crippen LogP contribution in [0.2, 0.25) is 0 Å². The van der Waals surface area contributed by atoms with Crippen LogP contribution in [0.3, 0.4) is 0 Å². The molecule has 0 spiro atoms. The van der Waals surface area contributed by atoms with Gasteiger partial charge in [-0.05, 0) is 51.0 Å². The number of halogens is 1. The van der Waals surface area contributed by atoms with Crippen molar-refractivity contribution in [3.63, 3.8) is 0 Å². The molecule has 0 fully saturated rings. The highest BCUT2D eigenvalue weighted by Gasteiger charge is 2.07. The van der Waals surface area contributed by atoms with Crippen LogP contribution in [0.25, 0.3) is 0 Å². The molecule has 2 rings (SSSR count). The fraction of sp³-hybridized carbons (Fsp3) is 0.500. The zero-order valence-electron chi connectivity index (χ0n) is 11.3. The minimum atomic E-state index is 0.784. The van der Waals surface area contributed by atoms with Crippen LogP contribution >= 0.6 is 27.7 Å². The van der Waals surface area contributed by atoms with Crippen LogP contribution in [0.15, 0.2) is 28.1 Å². The number of nitrogens with zero attached hydrogens (tertiary/aromatic N) is 5. The Morgan fingerprint density at radius 1 is 1.35 bits per heavy atom. The van der Waals surface area contributed by atoms with Crippen molar-refractivity contribution in [3.05, 3.63) is 28.5 Å². The third-order valence-electron chi connectivity index (χ3n) is 2.56. The molecule has 0 radical (unpaired) electrons. The van der Waals surface area contributed by atoms with E-state index >= 15 is 0 Å². The van der Waals surface area contributed by atoms with Crippen molar-refractivity contribution >= 4 is 27.7 Å². The summed E-state index contributed by atoms with van der Waals surface area (Å²) in [6, 6.07) is 2.05. The molecule has 0 saturated carbocycles. The van der Waals surface area contributed by atoms with E-state index in [0.717, 1.165) is 47.0 Å². The average molecular weight is 357 g/mol. The number of aromatic nitrogens is 5. The maximum absolute atomic E-state index is 4.15. The molecule has 0 aromatic carbocycles. The van der Waals surface area contributed by atoms with E-state index in [1.807, 2.05) is 10.9 Å². The lowest BCUT2D eigenvalue weighted by molar-refractivity contribution is 0.510. The summed E-state index contributed by atoms with van der Waals surface area (Å²) in [6.45, 7) is 4.84. The van der Waals surface area contributed by atoms with E-state index < -0.39 is 0 Å². The van der Waals surface area contributed by atoms with Gasteiger partial charge in [0.05, 0.1) is 6.54 Å². The molecule has 8 heteroatoms. The van der Waals surface area contributed by atoms with Gasteiger partial charge in [0.25, 0.3) is 0 Å². The van der Waals surface area contributed by atoms with Crippen molar-refractivity contribution in [3.8, 4) is 0 Å². The van der Waals surface area contributed by atoms with Crippen molar-refractivity contribution in [2.75, 3.05) is 13.1 Å². The number of nitrogens with one attached hydrogen (secondary N) is 1. The molecule has 0 atom stereocenters. The van der Waals surface area contributed by atoms with Gasteiger partial charge < -0.3 is 5.32 Å². The number of thioether (sulfide) groups is 1. The van der Waals surface area contributed by atoms with Crippen molar-refractivity contribution < 1.29 is 0 Å². The van der Waals surface area contributed by atoms with Crippen LogP contribution in [0.5, 0.6) is 0 Å². The second-order valence-electron chi connectivity index (χ2n) is 4.23. The van der Waals surface area contributed by atoms with E-state index in [9.17, 15) is 0 Å². The quantitative estimate of drug-likeness (QED) is 0.577. The van der Waals surface area contributed by atoms with Gasteiger partial charge >= 0.3 is 0 Å². The predicted molar refractivity (Wildman–Crippen MR) is 82.5 cm³/mol. The van der Waals surface area contributed by atoms with Gasteiger partial charge in [-0.25, -0.2) is 4.68 Å². The molecule has 2 aromatic heterocycles. The van der Waals surface area contributed by atoms with Gasteiger partial charge in [-0.1, -0.05) is 18.7 Å². The molecule has 0 aliphatic heterocycles. The first kappa shape index (κ1) is 15.4. The van der Waals surface area contributed by atoms with E-state index in [-0.39, 0.29) is 0 Å². The second-order valence-corrected chi connectivity index (χ2v) is 6.09. The topological polar surface area (TPSA) is 68.5 Å². The monoisotopic (exact) mass is 356 g/mol. The Morgan fingerprint density at radius 3 is 3.05 bits per heavy atom. The van der Waals surface area contributed by atoms with Crippen molar-refractivity contribution in [1.29, 1.82) is 0 Å². The Kier molecular flexibility index (Phi) is 6.41. The first-order valence-electron chi connectivity index (χ1n) is 6.48. The summed E-state index contributed by atoms with van der Waals surface area (Å²) in [5, 5.41) is 16.0. The van der Waals surface area contributed by atoms with Crippen LogP contribution in [0.1, 0.15) is 18.9 Å². The molecule has 0 amide bonds. The Bertz CT molecular complexity index is 532. The first-order valence-corrected chi connectivity index (χ1v) is 8.26. The van der Waals surface area contributed by atoms with Crippen LogP contribution < -0.4 is 5.32 Å². The largest absolute Gasteiger partial charge is 0.315 e. The molecule has 108 valence electrons. The van der Waals surface area contributed by atoms with Gasteiger partial charge in [0.2, 0.25) is 5.16 Å². The number of tetrazole rings is 1. The van der Waals surface area contributed by atoms with Crippen molar-refractivity contribution in [1.82, 2.24) is 30.5 Å². The normalized spacial score (nSPS) is 10.9. The van der Waals surface area contributed by atoms with E-state index in [0.29, 0.717) is 0 Å². The third-order valence-corrected chi connectivity index (χ3v) is 4.02. The first-order chi connectivity index (χ1) is 9.79. The fourth-order valence-corrected chi connectivity index (χ4v) is 2.85. The summed E-state index contributed by atoms with van der Waals surface area (Å²) in [5.41, 5.74) is 1.14. The van der Waals surface area contributed by atoms with E-state index in [2.05, 4.69) is 54.7 Å². The fourth-order valence-electron chi connectivity index (χ4n) is 1.61. The zero-order valence-corrected chi connectivity index (χ0v) is 13.7. The molecule has 2 heterocycles. The highest BCUT2D eigenvalue weighted by Crippen LogP contribution is 2.21. The van der Waals surface area contributed by atoms with Crippen LogP contribution in [0, 0.1) is 0 Å². The summed E-state index contributed by atoms with van der Waals surface area (Å²) < 4.78 is 2.82. The number of pyridine rings is 1. The van der Waals surface area contributed by atoms with Gasteiger partial charge in [-0.15, -0.1) is 5.10 Å². The smallest absolute Gasteiger partial charge is 0.209 e. The Balaban J connectivity index is 1.85. The van der Waals surface area contributed by atoms with Gasteiger partial charge in [-0.3, -0.25) is 4.98 Å². The van der Waals surface area contributed by atoms with Crippen LogP contribution in [0.4, 0.5) is 0 Å². The van der Waals surface area contributed by atoms with Gasteiger partial charge in [0, 0.05) is 29.2 Å². The maximum Gasteiger partial charge on any atom is 0.209 e. The standard InChI is InChI=1S/C12H17BrN6S/c1-2-3-14-4-5-19-12(16-17-18-19)20-9-10-6-11(13)8-15-7-10/h6-8,14H,2-5,9H2,1H3. The Hall–Kier alpha value is -0.990. The molecular weight excluding hydrogens is 340 g/mol. The number of hydrogen-bond acceptors (Lipinski definition) is 6. The highest BCUT2D eigenvalue weighted by atomic mass is 79.9. The maximum atomic E-state index is 4.15. The van der Waals surface area contributed by atoms with Crippen molar-refractivity contribution in [2.24, 2.45) is 0 Å². The van der Waals surface area contributed by atoms with Crippen LogP contribution in [-0.4, -0.2) is 38.3 Å². The second kappa shape index (κ2) is 8.33. The molecule has 20 heavy (non-hydrogen) atoms. The molecule has 0 saturated heterocycles. The summed E-state index contributed by atoms with van der Waals surface area (Å²) in [6.07, 6.45) is 4.76. The number of hydrogen-bond donors (Lipinski definition) is 1. The Labute approximate surface area is 130 Å². The third kappa shape index (κ3) is 4.84. The molecule has 0 unspecified atom stereocenters. The molecule has 6 nitrogen and oxygen atoms in total. The number of rotatable bonds is 8. The van der Waals surface area contributed by atoms with Gasteiger partial charge in [0.15, 0.2) is 0 Å². The summed E-state index contributed by atoms with van der Waals surface area (Å²) in [7, 11) is 0. The van der Waals surface area contributed by atoms with E-state index in [1.54, 1.807) is 18.0 Å². The van der Waals surface area contributed by atoms with Gasteiger partial charge in [-0.2, -0.15) is 0 Å². The van der Waals surface area contributed by atoms with E-state index in [4.69, 9.17) is 0 Å². The van der Waals surface area contributed by atoms with Crippen LogP contribution in [-0.2, 0) is 12.3 Å². The minimum absolute atomic E-state index is 0.784. The summed E-state index contributed by atoms with van der Waals surface area (Å²) in [4.78, 5) is 4.15. The zero-order chi connectivity index (χ0) is 14.2. The Morgan fingerprint density at radius 2 is 2.25 bits per heavy atom. The predicted octanol–water partition coefficient (Wildman–Crippen LogP) is 2.12.